The molecule has 1 nitrogen and oxygen atoms in total. The van der Waals surface area contributed by atoms with E-state index in [9.17, 15) is 0 Å². The molecule has 1 aromatic carbocycles. The van der Waals surface area contributed by atoms with Gasteiger partial charge in [0.15, 0.2) is 0 Å². The van der Waals surface area contributed by atoms with Gasteiger partial charge in [-0.15, -0.1) is 0 Å². The Kier molecular flexibility index (Phi) is 3.88. The fourth-order valence-corrected chi connectivity index (χ4v) is 3.32. The summed E-state index contributed by atoms with van der Waals surface area (Å²) in [5.74, 6) is 0. The van der Waals surface area contributed by atoms with Crippen LogP contribution < -0.4 is 5.32 Å². The maximum atomic E-state index is 3.72. The second kappa shape index (κ2) is 5.22. The fourth-order valence-electron chi connectivity index (χ4n) is 3.32. The number of rotatable bonds is 4. The van der Waals surface area contributed by atoms with Crippen LogP contribution in [-0.4, -0.2) is 6.54 Å². The van der Waals surface area contributed by atoms with Crippen molar-refractivity contribution in [1.82, 2.24) is 5.32 Å². The van der Waals surface area contributed by atoms with Crippen molar-refractivity contribution in [2.75, 3.05) is 6.54 Å². The lowest BCUT2D eigenvalue weighted by Gasteiger charge is -2.36. The third-order valence-electron chi connectivity index (χ3n) is 4.35. The monoisotopic (exact) mass is 231 g/mol. The van der Waals surface area contributed by atoms with Crippen molar-refractivity contribution < 1.29 is 0 Å². The average Bonchev–Trinajstić information content (AvgIpc) is 2.75. The van der Waals surface area contributed by atoms with E-state index in [4.69, 9.17) is 0 Å². The van der Waals surface area contributed by atoms with Gasteiger partial charge in [-0.25, -0.2) is 0 Å². The molecule has 0 bridgehead atoms. The van der Waals surface area contributed by atoms with E-state index in [0.717, 1.165) is 6.54 Å². The molecule has 17 heavy (non-hydrogen) atoms. The van der Waals surface area contributed by atoms with Gasteiger partial charge < -0.3 is 5.32 Å². The minimum Gasteiger partial charge on any atom is -0.310 e. The Morgan fingerprint density at radius 1 is 1.24 bits per heavy atom. The first-order valence-corrected chi connectivity index (χ1v) is 6.96. The molecule has 1 fully saturated rings. The van der Waals surface area contributed by atoms with Crippen LogP contribution in [0.25, 0.3) is 0 Å². The molecule has 1 heteroatoms. The molecule has 1 N–H and O–H groups in total. The van der Waals surface area contributed by atoms with E-state index in [0.29, 0.717) is 11.5 Å². The average molecular weight is 231 g/mol. The number of benzene rings is 1. The lowest BCUT2D eigenvalue weighted by Crippen LogP contribution is -2.34. The molecule has 94 valence electrons. The number of hydrogen-bond acceptors (Lipinski definition) is 1. The molecule has 0 aliphatic heterocycles. The molecule has 1 saturated carbocycles. The minimum atomic E-state index is 0.447. The van der Waals surface area contributed by atoms with Crippen LogP contribution >= 0.6 is 0 Å². The molecule has 0 spiro atoms. The number of aryl methyl sites for hydroxylation is 1. The minimum absolute atomic E-state index is 0.447. The summed E-state index contributed by atoms with van der Waals surface area (Å²) in [6, 6.07) is 9.37. The van der Waals surface area contributed by atoms with E-state index in [1.54, 1.807) is 0 Å². The molecule has 0 radical (unpaired) electrons. The Morgan fingerprint density at radius 2 is 1.88 bits per heavy atom. The van der Waals surface area contributed by atoms with E-state index in [2.05, 4.69) is 50.4 Å². The van der Waals surface area contributed by atoms with Crippen LogP contribution in [0, 0.1) is 12.3 Å². The number of hydrogen-bond donors (Lipinski definition) is 1. The van der Waals surface area contributed by atoms with E-state index in [1.807, 2.05) is 0 Å². The molecule has 1 unspecified atom stereocenters. The Labute approximate surface area is 106 Å². The maximum absolute atomic E-state index is 3.72. The largest absolute Gasteiger partial charge is 0.310 e. The fraction of sp³-hybridized carbons (Fsp3) is 0.625. The zero-order valence-electron chi connectivity index (χ0n) is 11.4. The Hall–Kier alpha value is -0.820. The van der Waals surface area contributed by atoms with Crippen LogP contribution in [0.5, 0.6) is 0 Å². The summed E-state index contributed by atoms with van der Waals surface area (Å²) in [5, 5.41) is 3.72. The van der Waals surface area contributed by atoms with Crippen molar-refractivity contribution in [3.8, 4) is 0 Å². The normalized spacial score (nSPS) is 20.4. The van der Waals surface area contributed by atoms with Crippen LogP contribution in [0.1, 0.15) is 56.7 Å². The molecule has 1 atom stereocenters. The topological polar surface area (TPSA) is 12.0 Å². The quantitative estimate of drug-likeness (QED) is 0.818. The lowest BCUT2D eigenvalue weighted by molar-refractivity contribution is 0.225. The third kappa shape index (κ3) is 2.55. The van der Waals surface area contributed by atoms with Crippen LogP contribution in [0.3, 0.4) is 0 Å². The van der Waals surface area contributed by atoms with E-state index < -0.39 is 0 Å². The predicted molar refractivity (Wildman–Crippen MR) is 74.2 cm³/mol. The van der Waals surface area contributed by atoms with Gasteiger partial charge in [-0.1, -0.05) is 51.0 Å². The van der Waals surface area contributed by atoms with E-state index in [-0.39, 0.29) is 0 Å². The Morgan fingerprint density at radius 3 is 2.47 bits per heavy atom. The SMILES string of the molecule is CCNC(c1ccccc1C)C1(C)CCCC1. The van der Waals surface area contributed by atoms with Crippen molar-refractivity contribution in [1.29, 1.82) is 0 Å². The molecule has 2 rings (SSSR count). The van der Waals surface area contributed by atoms with Gasteiger partial charge in [0, 0.05) is 6.04 Å². The zero-order chi connectivity index (χ0) is 12.3. The van der Waals surface area contributed by atoms with Crippen molar-refractivity contribution in [3.05, 3.63) is 35.4 Å². The maximum Gasteiger partial charge on any atom is 0.0377 e. The first-order chi connectivity index (χ1) is 8.17. The summed E-state index contributed by atoms with van der Waals surface area (Å²) in [7, 11) is 0. The molecule has 1 aliphatic carbocycles. The van der Waals surface area contributed by atoms with Gasteiger partial charge in [0.05, 0.1) is 0 Å². The molecular weight excluding hydrogens is 206 g/mol. The Bertz CT molecular complexity index is 364. The summed E-state index contributed by atoms with van der Waals surface area (Å²) in [6.07, 6.45) is 5.51. The molecule has 0 amide bonds. The van der Waals surface area contributed by atoms with Crippen molar-refractivity contribution >= 4 is 0 Å². The summed E-state index contributed by atoms with van der Waals surface area (Å²) >= 11 is 0. The Balaban J connectivity index is 2.32. The van der Waals surface area contributed by atoms with Crippen molar-refractivity contribution in [3.63, 3.8) is 0 Å². The molecule has 1 aromatic rings. The summed E-state index contributed by atoms with van der Waals surface area (Å²) in [4.78, 5) is 0. The second-order valence-corrected chi connectivity index (χ2v) is 5.71. The zero-order valence-corrected chi connectivity index (χ0v) is 11.4. The molecular formula is C16H25N. The van der Waals surface area contributed by atoms with Gasteiger partial charge >= 0.3 is 0 Å². The van der Waals surface area contributed by atoms with Crippen LogP contribution in [0.2, 0.25) is 0 Å². The first-order valence-electron chi connectivity index (χ1n) is 6.96. The number of nitrogens with one attached hydrogen (secondary N) is 1. The molecule has 0 heterocycles. The van der Waals surface area contributed by atoms with Crippen LogP contribution in [-0.2, 0) is 0 Å². The molecule has 1 aliphatic rings. The first kappa shape index (κ1) is 12.6. The molecule has 0 aromatic heterocycles. The van der Waals surface area contributed by atoms with Crippen molar-refractivity contribution in [2.45, 2.75) is 52.5 Å². The highest BCUT2D eigenvalue weighted by atomic mass is 14.9. The highest BCUT2D eigenvalue weighted by Gasteiger charge is 2.37. The standard InChI is InChI=1S/C16H25N/c1-4-17-15(16(3)11-7-8-12-16)14-10-6-5-9-13(14)2/h5-6,9-10,15,17H,4,7-8,11-12H2,1-3H3. The van der Waals surface area contributed by atoms with Gasteiger partial charge in [-0.05, 0) is 42.9 Å². The van der Waals surface area contributed by atoms with Gasteiger partial charge in [-0.3, -0.25) is 0 Å². The van der Waals surface area contributed by atoms with Gasteiger partial charge in [0.25, 0.3) is 0 Å². The van der Waals surface area contributed by atoms with E-state index in [1.165, 1.54) is 36.8 Å². The lowest BCUT2D eigenvalue weighted by atomic mass is 9.76. The summed E-state index contributed by atoms with van der Waals surface area (Å²) in [5.41, 5.74) is 3.37. The predicted octanol–water partition coefficient (Wildman–Crippen LogP) is 4.23. The summed E-state index contributed by atoms with van der Waals surface area (Å²) in [6.45, 7) is 7.95. The van der Waals surface area contributed by atoms with Gasteiger partial charge in [0.1, 0.15) is 0 Å². The molecule has 0 saturated heterocycles. The summed E-state index contributed by atoms with van der Waals surface area (Å²) < 4.78 is 0. The van der Waals surface area contributed by atoms with Gasteiger partial charge in [0.2, 0.25) is 0 Å². The van der Waals surface area contributed by atoms with Crippen molar-refractivity contribution in [2.24, 2.45) is 5.41 Å². The third-order valence-corrected chi connectivity index (χ3v) is 4.35. The van der Waals surface area contributed by atoms with E-state index >= 15 is 0 Å². The second-order valence-electron chi connectivity index (χ2n) is 5.71. The van der Waals surface area contributed by atoms with Crippen LogP contribution in [0.4, 0.5) is 0 Å². The highest BCUT2D eigenvalue weighted by molar-refractivity contribution is 5.30. The van der Waals surface area contributed by atoms with Gasteiger partial charge in [-0.2, -0.15) is 0 Å². The van der Waals surface area contributed by atoms with Crippen LogP contribution in [0.15, 0.2) is 24.3 Å². The highest BCUT2D eigenvalue weighted by Crippen LogP contribution is 2.47. The smallest absolute Gasteiger partial charge is 0.0377 e.